The lowest BCUT2D eigenvalue weighted by Gasteiger charge is -2.06. The summed E-state index contributed by atoms with van der Waals surface area (Å²) in [6.07, 6.45) is 3.44. The summed E-state index contributed by atoms with van der Waals surface area (Å²) in [5, 5.41) is 3.05. The molecule has 0 aliphatic heterocycles. The molecule has 0 aliphatic carbocycles. The van der Waals surface area contributed by atoms with Crippen molar-refractivity contribution in [2.45, 2.75) is 13.5 Å². The lowest BCUT2D eigenvalue weighted by molar-refractivity contribution is 0.332. The van der Waals surface area contributed by atoms with Gasteiger partial charge in [-0.3, -0.25) is 0 Å². The Bertz CT molecular complexity index is 312. The van der Waals surface area contributed by atoms with Gasteiger partial charge < -0.3 is 10.1 Å². The van der Waals surface area contributed by atoms with Crippen LogP contribution in [0.3, 0.4) is 0 Å². The summed E-state index contributed by atoms with van der Waals surface area (Å²) >= 11 is 0. The van der Waals surface area contributed by atoms with E-state index in [1.807, 2.05) is 14.0 Å². The minimum absolute atomic E-state index is 0.405. The van der Waals surface area contributed by atoms with Crippen LogP contribution in [-0.2, 0) is 6.54 Å². The molecule has 0 aromatic carbocycles. The molecule has 1 N–H and O–H groups in total. The molecule has 0 unspecified atom stereocenters. The highest BCUT2D eigenvalue weighted by atomic mass is 16.5. The summed E-state index contributed by atoms with van der Waals surface area (Å²) in [6, 6.07) is 0.405. The summed E-state index contributed by atoms with van der Waals surface area (Å²) in [7, 11) is 1.89. The second-order valence-electron chi connectivity index (χ2n) is 2.89. The average Bonchev–Trinajstić information content (AvgIpc) is 2.19. The summed E-state index contributed by atoms with van der Waals surface area (Å²) in [5.74, 6) is 0. The highest BCUT2D eigenvalue weighted by Crippen LogP contribution is 2.08. The molecule has 0 radical (unpaired) electrons. The maximum atomic E-state index is 5.21. The summed E-state index contributed by atoms with van der Waals surface area (Å²) in [5.41, 5.74) is 2.02. The molecule has 0 saturated carbocycles. The molecule has 1 heterocycles. The number of ether oxygens (including phenoxy) is 1. The van der Waals surface area contributed by atoms with Crippen LogP contribution in [0.25, 0.3) is 0 Å². The highest BCUT2D eigenvalue weighted by molar-refractivity contribution is 5.17. The first-order valence-corrected chi connectivity index (χ1v) is 4.48. The molecule has 14 heavy (non-hydrogen) atoms. The number of hydrogen-bond donors (Lipinski definition) is 1. The van der Waals surface area contributed by atoms with Crippen molar-refractivity contribution >= 4 is 0 Å². The lowest BCUT2D eigenvalue weighted by Crippen LogP contribution is -2.09. The van der Waals surface area contributed by atoms with Crippen molar-refractivity contribution in [3.8, 4) is 6.01 Å². The first kappa shape index (κ1) is 10.7. The molecule has 0 spiro atoms. The van der Waals surface area contributed by atoms with E-state index in [4.69, 9.17) is 4.74 Å². The molecular weight excluding hydrogens is 178 g/mol. The topological polar surface area (TPSA) is 47.0 Å². The van der Waals surface area contributed by atoms with Crippen LogP contribution >= 0.6 is 0 Å². The van der Waals surface area contributed by atoms with Crippen molar-refractivity contribution in [1.29, 1.82) is 0 Å². The summed E-state index contributed by atoms with van der Waals surface area (Å²) < 4.78 is 5.21. The Labute approximate surface area is 84.0 Å². The van der Waals surface area contributed by atoms with E-state index in [0.717, 1.165) is 17.8 Å². The zero-order chi connectivity index (χ0) is 10.4. The molecule has 0 aliphatic rings. The van der Waals surface area contributed by atoms with Crippen LogP contribution in [0.2, 0.25) is 0 Å². The fourth-order valence-corrected chi connectivity index (χ4v) is 1.04. The average molecular weight is 193 g/mol. The Kier molecular flexibility index (Phi) is 4.07. The second-order valence-corrected chi connectivity index (χ2v) is 2.89. The Morgan fingerprint density at radius 2 is 2.43 bits per heavy atom. The number of hydrogen-bond acceptors (Lipinski definition) is 4. The fourth-order valence-electron chi connectivity index (χ4n) is 1.04. The molecule has 1 rings (SSSR count). The number of aromatic nitrogens is 2. The molecule has 1 aromatic rings. The third kappa shape index (κ3) is 2.81. The van der Waals surface area contributed by atoms with Gasteiger partial charge in [0, 0.05) is 24.0 Å². The van der Waals surface area contributed by atoms with Crippen LogP contribution in [0.1, 0.15) is 11.3 Å². The first-order valence-electron chi connectivity index (χ1n) is 4.48. The van der Waals surface area contributed by atoms with Crippen LogP contribution in [0.5, 0.6) is 6.01 Å². The van der Waals surface area contributed by atoms with Gasteiger partial charge in [-0.25, -0.2) is 9.97 Å². The number of aryl methyl sites for hydroxylation is 1. The molecule has 4 nitrogen and oxygen atoms in total. The summed E-state index contributed by atoms with van der Waals surface area (Å²) in [6.45, 7) is 6.70. The molecular formula is C10H15N3O. The quantitative estimate of drug-likeness (QED) is 0.710. The van der Waals surface area contributed by atoms with Gasteiger partial charge in [0.15, 0.2) is 0 Å². The third-order valence-corrected chi connectivity index (χ3v) is 1.76. The molecule has 0 amide bonds. The minimum Gasteiger partial charge on any atom is -0.459 e. The molecule has 0 atom stereocenters. The van der Waals surface area contributed by atoms with Gasteiger partial charge in [0.1, 0.15) is 6.61 Å². The van der Waals surface area contributed by atoms with Gasteiger partial charge >= 0.3 is 6.01 Å². The van der Waals surface area contributed by atoms with E-state index in [1.165, 1.54) is 0 Å². The predicted octanol–water partition coefficient (Wildman–Crippen LogP) is 1.07. The van der Waals surface area contributed by atoms with Crippen LogP contribution in [-0.4, -0.2) is 23.6 Å². The van der Waals surface area contributed by atoms with Gasteiger partial charge in [-0.15, -0.1) is 0 Å². The molecule has 76 valence electrons. The van der Waals surface area contributed by atoms with Gasteiger partial charge in [0.05, 0.1) is 0 Å². The van der Waals surface area contributed by atoms with Crippen molar-refractivity contribution in [2.24, 2.45) is 0 Å². The SMILES string of the molecule is C=CCOc1ncc(CNC)c(C)n1. The molecule has 0 saturated heterocycles. The zero-order valence-corrected chi connectivity index (χ0v) is 8.58. The number of nitrogens with zero attached hydrogens (tertiary/aromatic N) is 2. The van der Waals surface area contributed by atoms with Gasteiger partial charge in [-0.1, -0.05) is 12.7 Å². The Balaban J connectivity index is 2.72. The van der Waals surface area contributed by atoms with Crippen molar-refractivity contribution in [1.82, 2.24) is 15.3 Å². The molecule has 4 heteroatoms. The van der Waals surface area contributed by atoms with Crippen molar-refractivity contribution in [3.05, 3.63) is 30.1 Å². The Morgan fingerprint density at radius 3 is 3.00 bits per heavy atom. The second kappa shape index (κ2) is 5.34. The number of rotatable bonds is 5. The Morgan fingerprint density at radius 1 is 1.64 bits per heavy atom. The van der Waals surface area contributed by atoms with E-state index in [-0.39, 0.29) is 0 Å². The minimum atomic E-state index is 0.405. The largest absolute Gasteiger partial charge is 0.459 e. The normalized spacial score (nSPS) is 9.86. The molecule has 1 aromatic heterocycles. The maximum Gasteiger partial charge on any atom is 0.316 e. The van der Waals surface area contributed by atoms with Crippen LogP contribution in [0, 0.1) is 6.92 Å². The van der Waals surface area contributed by atoms with E-state index < -0.39 is 0 Å². The monoisotopic (exact) mass is 193 g/mol. The van der Waals surface area contributed by atoms with Gasteiger partial charge in [0.25, 0.3) is 0 Å². The van der Waals surface area contributed by atoms with Crippen molar-refractivity contribution < 1.29 is 4.74 Å². The standard InChI is InChI=1S/C10H15N3O/c1-4-5-14-10-12-7-9(6-11-3)8(2)13-10/h4,7,11H,1,5-6H2,2-3H3. The van der Waals surface area contributed by atoms with Crippen molar-refractivity contribution in [2.75, 3.05) is 13.7 Å². The first-order chi connectivity index (χ1) is 6.77. The van der Waals surface area contributed by atoms with E-state index in [0.29, 0.717) is 12.6 Å². The van der Waals surface area contributed by atoms with E-state index in [2.05, 4.69) is 21.9 Å². The van der Waals surface area contributed by atoms with Crippen LogP contribution in [0.4, 0.5) is 0 Å². The fraction of sp³-hybridized carbons (Fsp3) is 0.400. The van der Waals surface area contributed by atoms with E-state index in [9.17, 15) is 0 Å². The van der Waals surface area contributed by atoms with Gasteiger partial charge in [0.2, 0.25) is 0 Å². The smallest absolute Gasteiger partial charge is 0.316 e. The van der Waals surface area contributed by atoms with E-state index >= 15 is 0 Å². The predicted molar refractivity (Wildman–Crippen MR) is 55.2 cm³/mol. The lowest BCUT2D eigenvalue weighted by atomic mass is 10.2. The van der Waals surface area contributed by atoms with E-state index in [1.54, 1.807) is 12.3 Å². The summed E-state index contributed by atoms with van der Waals surface area (Å²) in [4.78, 5) is 8.28. The number of nitrogens with one attached hydrogen (secondary N) is 1. The van der Waals surface area contributed by atoms with Gasteiger partial charge in [-0.05, 0) is 14.0 Å². The highest BCUT2D eigenvalue weighted by Gasteiger charge is 2.02. The van der Waals surface area contributed by atoms with Crippen LogP contribution in [0.15, 0.2) is 18.9 Å². The maximum absolute atomic E-state index is 5.21. The Hall–Kier alpha value is -1.42. The third-order valence-electron chi connectivity index (χ3n) is 1.76. The molecule has 0 bridgehead atoms. The zero-order valence-electron chi connectivity index (χ0n) is 8.58. The van der Waals surface area contributed by atoms with Crippen LogP contribution < -0.4 is 10.1 Å². The van der Waals surface area contributed by atoms with Gasteiger partial charge in [-0.2, -0.15) is 0 Å². The van der Waals surface area contributed by atoms with Crippen molar-refractivity contribution in [3.63, 3.8) is 0 Å². The molecule has 0 fully saturated rings.